The highest BCUT2D eigenvalue weighted by Gasteiger charge is 2.17. The molecule has 15 heavy (non-hydrogen) atoms. The Morgan fingerprint density at radius 2 is 2.33 bits per heavy atom. The summed E-state index contributed by atoms with van der Waals surface area (Å²) in [6, 6.07) is 3.50. The van der Waals surface area contributed by atoms with Crippen molar-refractivity contribution in [2.75, 3.05) is 12.8 Å². The van der Waals surface area contributed by atoms with E-state index in [1.807, 2.05) is 0 Å². The number of nitrogens with zero attached hydrogens (tertiary/aromatic N) is 2. The molecule has 78 valence electrons. The van der Waals surface area contributed by atoms with Gasteiger partial charge in [-0.15, -0.1) is 0 Å². The van der Waals surface area contributed by atoms with Gasteiger partial charge in [-0.25, -0.2) is 9.78 Å². The number of fused-ring (bicyclic) bond motifs is 1. The second-order valence-corrected chi connectivity index (χ2v) is 3.19. The number of nitrogen functional groups attached to an aromatic ring is 1. The summed E-state index contributed by atoms with van der Waals surface area (Å²) in [7, 11) is 1.34. The molecule has 2 aromatic heterocycles. The van der Waals surface area contributed by atoms with Crippen LogP contribution < -0.4 is 5.73 Å². The lowest BCUT2D eigenvalue weighted by Crippen LogP contribution is -2.07. The predicted octanol–water partition coefficient (Wildman–Crippen LogP) is 1.01. The normalized spacial score (nSPS) is 10.5. The minimum Gasteiger partial charge on any atom is -0.464 e. The molecular weight excluding hydrogens is 194 g/mol. The topological polar surface area (TPSA) is 69.6 Å². The first kappa shape index (κ1) is 9.51. The zero-order chi connectivity index (χ0) is 11.0. The van der Waals surface area contributed by atoms with E-state index in [1.54, 1.807) is 29.7 Å². The van der Waals surface area contributed by atoms with E-state index in [0.717, 1.165) is 0 Å². The molecule has 0 amide bonds. The first-order valence-electron chi connectivity index (χ1n) is 4.46. The van der Waals surface area contributed by atoms with Gasteiger partial charge in [-0.2, -0.15) is 0 Å². The van der Waals surface area contributed by atoms with Crippen molar-refractivity contribution in [1.29, 1.82) is 0 Å². The number of carbonyl (C=O) groups is 1. The van der Waals surface area contributed by atoms with Crippen molar-refractivity contribution in [3.63, 3.8) is 0 Å². The predicted molar refractivity (Wildman–Crippen MR) is 55.7 cm³/mol. The third kappa shape index (κ3) is 1.32. The number of nitrogens with two attached hydrogens (primary N) is 1. The van der Waals surface area contributed by atoms with Crippen LogP contribution in [0.5, 0.6) is 0 Å². The highest BCUT2D eigenvalue weighted by atomic mass is 16.5. The van der Waals surface area contributed by atoms with Crippen LogP contribution in [0.4, 0.5) is 5.69 Å². The number of rotatable bonds is 1. The molecule has 0 spiro atoms. The molecule has 0 aliphatic carbocycles. The van der Waals surface area contributed by atoms with Crippen LogP contribution >= 0.6 is 0 Å². The molecule has 0 saturated carbocycles. The fraction of sp³-hybridized carbons (Fsp3) is 0.200. The summed E-state index contributed by atoms with van der Waals surface area (Å²) in [5.41, 5.74) is 7.89. The first-order chi connectivity index (χ1) is 7.15. The summed E-state index contributed by atoms with van der Waals surface area (Å²) >= 11 is 0. The Bertz CT molecular complexity index is 531. The molecule has 0 radical (unpaired) electrons. The SMILES string of the molecule is COC(=O)c1c(C)nc2c(N)cccn12. The molecule has 0 aliphatic heterocycles. The van der Waals surface area contributed by atoms with Crippen molar-refractivity contribution in [2.24, 2.45) is 0 Å². The summed E-state index contributed by atoms with van der Waals surface area (Å²) < 4.78 is 6.32. The lowest BCUT2D eigenvalue weighted by atomic mass is 10.3. The molecule has 0 saturated heterocycles. The molecule has 0 aromatic carbocycles. The molecule has 5 nitrogen and oxygen atoms in total. The number of esters is 1. The van der Waals surface area contributed by atoms with Gasteiger partial charge in [0.1, 0.15) is 0 Å². The number of hydrogen-bond donors (Lipinski definition) is 1. The zero-order valence-electron chi connectivity index (χ0n) is 8.52. The van der Waals surface area contributed by atoms with Gasteiger partial charge < -0.3 is 10.5 Å². The fourth-order valence-electron chi connectivity index (χ4n) is 1.54. The maximum atomic E-state index is 11.5. The first-order valence-corrected chi connectivity index (χ1v) is 4.46. The van der Waals surface area contributed by atoms with Gasteiger partial charge in [0.05, 0.1) is 18.5 Å². The van der Waals surface area contributed by atoms with E-state index in [9.17, 15) is 4.79 Å². The van der Waals surface area contributed by atoms with Gasteiger partial charge in [0.15, 0.2) is 11.3 Å². The van der Waals surface area contributed by atoms with Crippen LogP contribution in [0.1, 0.15) is 16.2 Å². The minimum atomic E-state index is -0.411. The maximum absolute atomic E-state index is 11.5. The molecule has 0 aliphatic rings. The number of aryl methyl sites for hydroxylation is 1. The Morgan fingerprint density at radius 3 is 3.00 bits per heavy atom. The largest absolute Gasteiger partial charge is 0.464 e. The van der Waals surface area contributed by atoms with Crippen LogP contribution in [0.2, 0.25) is 0 Å². The molecular formula is C10H11N3O2. The molecule has 0 bridgehead atoms. The van der Waals surface area contributed by atoms with Gasteiger partial charge >= 0.3 is 5.97 Å². The Morgan fingerprint density at radius 1 is 1.60 bits per heavy atom. The van der Waals surface area contributed by atoms with Gasteiger partial charge in [0, 0.05) is 6.20 Å². The second kappa shape index (κ2) is 3.27. The van der Waals surface area contributed by atoms with E-state index < -0.39 is 5.97 Å². The number of imidazole rings is 1. The third-order valence-electron chi connectivity index (χ3n) is 2.23. The molecule has 0 atom stereocenters. The zero-order valence-corrected chi connectivity index (χ0v) is 8.52. The Labute approximate surface area is 86.5 Å². The number of methoxy groups -OCH3 is 1. The molecule has 5 heteroatoms. The minimum absolute atomic E-state index is 0.411. The van der Waals surface area contributed by atoms with E-state index in [-0.39, 0.29) is 0 Å². The second-order valence-electron chi connectivity index (χ2n) is 3.19. The quantitative estimate of drug-likeness (QED) is 0.705. The average molecular weight is 205 g/mol. The van der Waals surface area contributed by atoms with Crippen LogP contribution in [0.3, 0.4) is 0 Å². The summed E-state index contributed by atoms with van der Waals surface area (Å²) in [4.78, 5) is 15.7. The monoisotopic (exact) mass is 205 g/mol. The lowest BCUT2D eigenvalue weighted by molar-refractivity contribution is 0.0592. The molecule has 2 rings (SSSR count). The van der Waals surface area contributed by atoms with Crippen LogP contribution in [-0.2, 0) is 4.74 Å². The third-order valence-corrected chi connectivity index (χ3v) is 2.23. The van der Waals surface area contributed by atoms with Crippen LogP contribution in [-0.4, -0.2) is 22.5 Å². The van der Waals surface area contributed by atoms with Crippen molar-refractivity contribution < 1.29 is 9.53 Å². The van der Waals surface area contributed by atoms with Gasteiger partial charge in [-0.05, 0) is 19.1 Å². The van der Waals surface area contributed by atoms with Crippen LogP contribution in [0.15, 0.2) is 18.3 Å². The van der Waals surface area contributed by atoms with Crippen molar-refractivity contribution in [3.8, 4) is 0 Å². The van der Waals surface area contributed by atoms with E-state index in [2.05, 4.69) is 9.72 Å². The van der Waals surface area contributed by atoms with Gasteiger partial charge in [0.2, 0.25) is 0 Å². The van der Waals surface area contributed by atoms with Gasteiger partial charge in [-0.1, -0.05) is 0 Å². The number of anilines is 1. The number of carbonyl (C=O) groups excluding carboxylic acids is 1. The molecule has 2 heterocycles. The highest BCUT2D eigenvalue weighted by molar-refractivity contribution is 5.90. The maximum Gasteiger partial charge on any atom is 0.356 e. The van der Waals surface area contributed by atoms with E-state index in [1.165, 1.54) is 7.11 Å². The van der Waals surface area contributed by atoms with Crippen molar-refractivity contribution >= 4 is 17.3 Å². The standard InChI is InChI=1S/C10H11N3O2/c1-6-8(10(14)15-2)13-5-3-4-7(11)9(13)12-6/h3-5H,11H2,1-2H3. The van der Waals surface area contributed by atoms with Crippen molar-refractivity contribution in [1.82, 2.24) is 9.38 Å². The number of pyridine rings is 1. The number of aromatic nitrogens is 2. The van der Waals surface area contributed by atoms with Crippen LogP contribution in [0.25, 0.3) is 5.65 Å². The summed E-state index contributed by atoms with van der Waals surface area (Å²) in [6.45, 7) is 1.75. The fourth-order valence-corrected chi connectivity index (χ4v) is 1.54. The number of ether oxygens (including phenoxy) is 1. The lowest BCUT2D eigenvalue weighted by Gasteiger charge is -2.01. The Balaban J connectivity index is 2.79. The van der Waals surface area contributed by atoms with Gasteiger partial charge in [0.25, 0.3) is 0 Å². The summed E-state index contributed by atoms with van der Waals surface area (Å²) in [5.74, 6) is -0.411. The molecule has 2 aromatic rings. The smallest absolute Gasteiger partial charge is 0.356 e. The van der Waals surface area contributed by atoms with Gasteiger partial charge in [-0.3, -0.25) is 4.40 Å². The van der Waals surface area contributed by atoms with E-state index >= 15 is 0 Å². The average Bonchev–Trinajstić information content (AvgIpc) is 2.55. The van der Waals surface area contributed by atoms with E-state index in [4.69, 9.17) is 5.73 Å². The highest BCUT2D eigenvalue weighted by Crippen LogP contribution is 2.17. The Kier molecular flexibility index (Phi) is 2.07. The molecule has 0 fully saturated rings. The van der Waals surface area contributed by atoms with Crippen molar-refractivity contribution in [3.05, 3.63) is 29.7 Å². The summed E-state index contributed by atoms with van der Waals surface area (Å²) in [6.07, 6.45) is 1.73. The van der Waals surface area contributed by atoms with E-state index in [0.29, 0.717) is 22.7 Å². The summed E-state index contributed by atoms with van der Waals surface area (Å²) in [5, 5.41) is 0. The molecule has 2 N–H and O–H groups in total. The van der Waals surface area contributed by atoms with Crippen molar-refractivity contribution in [2.45, 2.75) is 6.92 Å². The van der Waals surface area contributed by atoms with Crippen LogP contribution in [0, 0.1) is 6.92 Å². The Hall–Kier alpha value is -2.04. The number of hydrogen-bond acceptors (Lipinski definition) is 4. The molecule has 0 unspecified atom stereocenters.